The van der Waals surface area contributed by atoms with E-state index in [1.807, 2.05) is 0 Å². The molecule has 0 saturated carbocycles. The Bertz CT molecular complexity index is 487. The lowest BCUT2D eigenvalue weighted by Gasteiger charge is -2.30. The second-order valence-corrected chi connectivity index (χ2v) is 6.67. The Morgan fingerprint density at radius 3 is 2.86 bits per heavy atom. The van der Waals surface area contributed by atoms with Crippen molar-refractivity contribution < 1.29 is 9.18 Å². The molecule has 1 saturated heterocycles. The number of hydrogen-bond donors (Lipinski definition) is 1. The minimum absolute atomic E-state index is 0.0937. The first kappa shape index (κ1) is 16.4. The normalized spacial score (nSPS) is 16.9. The van der Waals surface area contributed by atoms with Crippen LogP contribution in [0, 0.1) is 11.7 Å². The quantitative estimate of drug-likeness (QED) is 0.819. The molecule has 116 valence electrons. The van der Waals surface area contributed by atoms with Gasteiger partial charge in [0.15, 0.2) is 0 Å². The number of carbonyl (C=O) groups is 1. The van der Waals surface area contributed by atoms with Crippen LogP contribution in [0.2, 0.25) is 0 Å². The molecule has 2 rings (SSSR count). The van der Waals surface area contributed by atoms with E-state index in [0.29, 0.717) is 11.0 Å². The van der Waals surface area contributed by atoms with Crippen molar-refractivity contribution in [1.29, 1.82) is 0 Å². The second kappa shape index (κ2) is 7.90. The van der Waals surface area contributed by atoms with E-state index in [4.69, 9.17) is 0 Å². The molecule has 1 aromatic rings. The monoisotopic (exact) mass is 356 g/mol. The number of hydrogen-bond acceptors (Lipinski definition) is 2. The fourth-order valence-corrected chi connectivity index (χ4v) is 2.92. The SMILES string of the molecule is CC1CCN(CCCNC(=O)c2cc(Br)ccc2F)CC1. The molecular formula is C16H22BrFN2O. The summed E-state index contributed by atoms with van der Waals surface area (Å²) in [5.41, 5.74) is 0.0937. The molecule has 5 heteroatoms. The highest BCUT2D eigenvalue weighted by molar-refractivity contribution is 9.10. The van der Waals surface area contributed by atoms with E-state index in [1.54, 1.807) is 6.07 Å². The van der Waals surface area contributed by atoms with Crippen molar-refractivity contribution in [3.63, 3.8) is 0 Å². The van der Waals surface area contributed by atoms with Crippen LogP contribution in [0.4, 0.5) is 4.39 Å². The van der Waals surface area contributed by atoms with Gasteiger partial charge in [-0.1, -0.05) is 22.9 Å². The summed E-state index contributed by atoms with van der Waals surface area (Å²) in [6.07, 6.45) is 3.42. The van der Waals surface area contributed by atoms with Gasteiger partial charge in [-0.05, 0) is 63.0 Å². The number of likely N-dealkylation sites (tertiary alicyclic amines) is 1. The summed E-state index contributed by atoms with van der Waals surface area (Å²) in [6.45, 7) is 6.17. The molecule has 0 aliphatic carbocycles. The second-order valence-electron chi connectivity index (χ2n) is 5.76. The van der Waals surface area contributed by atoms with Crippen LogP contribution >= 0.6 is 15.9 Å². The molecule has 1 aliphatic rings. The average Bonchev–Trinajstić information content (AvgIpc) is 2.47. The van der Waals surface area contributed by atoms with Crippen LogP contribution in [0.15, 0.2) is 22.7 Å². The first-order chi connectivity index (χ1) is 10.1. The molecule has 0 atom stereocenters. The van der Waals surface area contributed by atoms with Gasteiger partial charge in [0.25, 0.3) is 5.91 Å². The van der Waals surface area contributed by atoms with Gasteiger partial charge in [0.2, 0.25) is 0 Å². The molecule has 0 radical (unpaired) electrons. The van der Waals surface area contributed by atoms with Crippen LogP contribution < -0.4 is 5.32 Å². The Balaban J connectivity index is 1.71. The Hall–Kier alpha value is -0.940. The Labute approximate surface area is 134 Å². The smallest absolute Gasteiger partial charge is 0.254 e. The summed E-state index contributed by atoms with van der Waals surface area (Å²) < 4.78 is 14.3. The Morgan fingerprint density at radius 1 is 1.43 bits per heavy atom. The number of benzene rings is 1. The zero-order valence-corrected chi connectivity index (χ0v) is 14.0. The van der Waals surface area contributed by atoms with E-state index < -0.39 is 5.82 Å². The van der Waals surface area contributed by atoms with Gasteiger partial charge in [-0.3, -0.25) is 4.79 Å². The summed E-state index contributed by atoms with van der Waals surface area (Å²) in [5, 5.41) is 2.79. The number of amides is 1. The van der Waals surface area contributed by atoms with Crippen molar-refractivity contribution in [3.05, 3.63) is 34.1 Å². The average molecular weight is 357 g/mol. The van der Waals surface area contributed by atoms with E-state index >= 15 is 0 Å². The van der Waals surface area contributed by atoms with Crippen molar-refractivity contribution in [2.75, 3.05) is 26.2 Å². The molecule has 1 amide bonds. The zero-order valence-electron chi connectivity index (χ0n) is 12.4. The number of nitrogens with one attached hydrogen (secondary N) is 1. The summed E-state index contributed by atoms with van der Waals surface area (Å²) in [6, 6.07) is 4.40. The van der Waals surface area contributed by atoms with Crippen LogP contribution in [0.5, 0.6) is 0 Å². The zero-order chi connectivity index (χ0) is 15.2. The largest absolute Gasteiger partial charge is 0.352 e. The molecule has 0 spiro atoms. The maximum absolute atomic E-state index is 13.6. The van der Waals surface area contributed by atoms with Gasteiger partial charge in [0.05, 0.1) is 5.56 Å². The van der Waals surface area contributed by atoms with E-state index in [9.17, 15) is 9.18 Å². The fraction of sp³-hybridized carbons (Fsp3) is 0.562. The van der Waals surface area contributed by atoms with E-state index in [-0.39, 0.29) is 11.5 Å². The van der Waals surface area contributed by atoms with Crippen molar-refractivity contribution in [2.45, 2.75) is 26.2 Å². The number of rotatable bonds is 5. The summed E-state index contributed by atoms with van der Waals surface area (Å²) in [7, 11) is 0. The van der Waals surface area contributed by atoms with Crippen molar-refractivity contribution in [3.8, 4) is 0 Å². The van der Waals surface area contributed by atoms with Gasteiger partial charge in [-0.2, -0.15) is 0 Å². The topological polar surface area (TPSA) is 32.3 Å². The summed E-state index contributed by atoms with van der Waals surface area (Å²) in [4.78, 5) is 14.4. The molecule has 0 bridgehead atoms. The van der Waals surface area contributed by atoms with Crippen molar-refractivity contribution in [2.24, 2.45) is 5.92 Å². The summed E-state index contributed by atoms with van der Waals surface area (Å²) in [5.74, 6) is 0.00207. The molecule has 3 nitrogen and oxygen atoms in total. The fourth-order valence-electron chi connectivity index (χ4n) is 2.56. The lowest BCUT2D eigenvalue weighted by atomic mass is 9.99. The molecule has 1 aliphatic heterocycles. The number of piperidine rings is 1. The minimum atomic E-state index is -0.485. The Kier molecular flexibility index (Phi) is 6.18. The summed E-state index contributed by atoms with van der Waals surface area (Å²) >= 11 is 3.25. The van der Waals surface area contributed by atoms with Crippen molar-refractivity contribution >= 4 is 21.8 Å². The van der Waals surface area contributed by atoms with Crippen LogP contribution in [0.25, 0.3) is 0 Å². The maximum atomic E-state index is 13.6. The number of nitrogens with zero attached hydrogens (tertiary/aromatic N) is 1. The van der Waals surface area contributed by atoms with Gasteiger partial charge in [-0.25, -0.2) is 4.39 Å². The predicted octanol–water partition coefficient (Wildman–Crippen LogP) is 3.44. The van der Waals surface area contributed by atoms with Gasteiger partial charge in [-0.15, -0.1) is 0 Å². The maximum Gasteiger partial charge on any atom is 0.254 e. The van der Waals surface area contributed by atoms with Gasteiger partial charge < -0.3 is 10.2 Å². The minimum Gasteiger partial charge on any atom is -0.352 e. The molecule has 0 aromatic heterocycles. The van der Waals surface area contributed by atoms with Crippen LogP contribution in [0.1, 0.15) is 36.5 Å². The number of carbonyl (C=O) groups excluding carboxylic acids is 1. The molecular weight excluding hydrogens is 335 g/mol. The standard InChI is InChI=1S/C16H22BrFN2O/c1-12-5-9-20(10-6-12)8-2-7-19-16(21)14-11-13(17)3-4-15(14)18/h3-4,11-12H,2,5-10H2,1H3,(H,19,21). The highest BCUT2D eigenvalue weighted by Crippen LogP contribution is 2.16. The van der Waals surface area contributed by atoms with Crippen LogP contribution in [-0.2, 0) is 0 Å². The van der Waals surface area contributed by atoms with Gasteiger partial charge >= 0.3 is 0 Å². The van der Waals surface area contributed by atoms with E-state index in [2.05, 4.69) is 33.1 Å². The van der Waals surface area contributed by atoms with Gasteiger partial charge in [0.1, 0.15) is 5.82 Å². The molecule has 1 N–H and O–H groups in total. The highest BCUT2D eigenvalue weighted by atomic mass is 79.9. The lowest BCUT2D eigenvalue weighted by Crippen LogP contribution is -2.35. The third kappa shape index (κ3) is 5.08. The first-order valence-corrected chi connectivity index (χ1v) is 8.31. The molecule has 1 fully saturated rings. The molecule has 1 heterocycles. The number of halogens is 2. The van der Waals surface area contributed by atoms with E-state index in [0.717, 1.165) is 32.0 Å². The van der Waals surface area contributed by atoms with Crippen LogP contribution in [-0.4, -0.2) is 37.0 Å². The van der Waals surface area contributed by atoms with Crippen LogP contribution in [0.3, 0.4) is 0 Å². The van der Waals surface area contributed by atoms with Crippen molar-refractivity contribution in [1.82, 2.24) is 10.2 Å². The lowest BCUT2D eigenvalue weighted by molar-refractivity contribution is 0.0946. The molecule has 1 aromatic carbocycles. The predicted molar refractivity (Wildman–Crippen MR) is 85.9 cm³/mol. The van der Waals surface area contributed by atoms with Gasteiger partial charge in [0, 0.05) is 11.0 Å². The molecule has 0 unspecified atom stereocenters. The highest BCUT2D eigenvalue weighted by Gasteiger charge is 2.15. The first-order valence-electron chi connectivity index (χ1n) is 7.52. The third-order valence-electron chi connectivity index (χ3n) is 3.99. The third-order valence-corrected chi connectivity index (χ3v) is 4.48. The molecule has 21 heavy (non-hydrogen) atoms. The Morgan fingerprint density at radius 2 is 2.14 bits per heavy atom. The van der Waals surface area contributed by atoms with E-state index in [1.165, 1.54) is 25.0 Å².